The molecule has 46 valence electrons. The van der Waals surface area contributed by atoms with Crippen LogP contribution in [0.3, 0.4) is 0 Å². The van der Waals surface area contributed by atoms with Gasteiger partial charge in [0.1, 0.15) is 0 Å². The van der Waals surface area contributed by atoms with Crippen molar-refractivity contribution < 1.29 is 0 Å². The zero-order valence-corrected chi connectivity index (χ0v) is 5.17. The minimum Gasteiger partial charge on any atom is -0.198 e. The molecule has 1 aliphatic rings. The summed E-state index contributed by atoms with van der Waals surface area (Å²) in [5, 5.41) is 16.9. The number of nitriles is 2. The van der Waals surface area contributed by atoms with E-state index >= 15 is 0 Å². The molecule has 0 aromatic rings. The topological polar surface area (TPSA) is 47.6 Å². The van der Waals surface area contributed by atoms with Crippen molar-refractivity contribution in [1.29, 1.82) is 10.5 Å². The third-order valence-corrected chi connectivity index (χ3v) is 1.85. The van der Waals surface area contributed by atoms with Crippen molar-refractivity contribution in [1.82, 2.24) is 0 Å². The van der Waals surface area contributed by atoms with Gasteiger partial charge in [0.05, 0.1) is 24.0 Å². The van der Waals surface area contributed by atoms with Crippen molar-refractivity contribution in [2.75, 3.05) is 0 Å². The third-order valence-electron chi connectivity index (χ3n) is 1.85. The lowest BCUT2D eigenvalue weighted by Gasteiger charge is -1.99. The zero-order valence-electron chi connectivity index (χ0n) is 5.17. The average Bonchev–Trinajstić information content (AvgIpc) is 2.33. The molecule has 0 aromatic heterocycles. The molecular weight excluding hydrogens is 112 g/mol. The molecule has 0 amide bonds. The predicted octanol–water partition coefficient (Wildman–Crippen LogP) is 1.45. The Kier molecular flexibility index (Phi) is 1.70. The molecule has 0 bridgehead atoms. The van der Waals surface area contributed by atoms with E-state index in [2.05, 4.69) is 12.1 Å². The quantitative estimate of drug-likeness (QED) is 0.485. The Morgan fingerprint density at radius 1 is 1.00 bits per heavy atom. The molecule has 2 nitrogen and oxygen atoms in total. The van der Waals surface area contributed by atoms with Gasteiger partial charge in [-0.15, -0.1) is 0 Å². The van der Waals surface area contributed by atoms with E-state index < -0.39 is 0 Å². The second kappa shape index (κ2) is 2.51. The number of nitrogens with zero attached hydrogens (tertiary/aromatic N) is 2. The van der Waals surface area contributed by atoms with Crippen LogP contribution in [0.4, 0.5) is 0 Å². The maximum absolute atomic E-state index is 8.47. The first kappa shape index (κ1) is 6.11. The Hall–Kier alpha value is -1.02. The van der Waals surface area contributed by atoms with Gasteiger partial charge in [0.2, 0.25) is 0 Å². The molecule has 1 aliphatic carbocycles. The Bertz CT molecular complexity index is 152. The van der Waals surface area contributed by atoms with E-state index in [4.69, 9.17) is 10.5 Å². The molecule has 0 aromatic carbocycles. The highest BCUT2D eigenvalue weighted by atomic mass is 14.4. The standard InChI is InChI=1S/C7H8N2/c8-4-6-2-1-3-7(6)5-9/h6-7H,1-3H2. The van der Waals surface area contributed by atoms with E-state index in [1.807, 2.05) is 0 Å². The summed E-state index contributed by atoms with van der Waals surface area (Å²) >= 11 is 0. The Morgan fingerprint density at radius 2 is 1.44 bits per heavy atom. The molecule has 0 radical (unpaired) electrons. The van der Waals surface area contributed by atoms with Gasteiger partial charge in [-0.3, -0.25) is 0 Å². The van der Waals surface area contributed by atoms with Crippen LogP contribution in [0.1, 0.15) is 19.3 Å². The molecular formula is C7H8N2. The molecule has 1 saturated carbocycles. The van der Waals surface area contributed by atoms with Gasteiger partial charge in [-0.05, 0) is 12.8 Å². The monoisotopic (exact) mass is 120 g/mol. The molecule has 9 heavy (non-hydrogen) atoms. The smallest absolute Gasteiger partial charge is 0.0669 e. The molecule has 0 spiro atoms. The molecule has 0 N–H and O–H groups in total. The van der Waals surface area contributed by atoms with Gasteiger partial charge in [0.25, 0.3) is 0 Å². The lowest BCUT2D eigenvalue weighted by molar-refractivity contribution is 0.582. The van der Waals surface area contributed by atoms with Gasteiger partial charge < -0.3 is 0 Å². The maximum atomic E-state index is 8.47. The summed E-state index contributed by atoms with van der Waals surface area (Å²) < 4.78 is 0. The molecule has 0 aliphatic heterocycles. The summed E-state index contributed by atoms with van der Waals surface area (Å²) in [5.74, 6) is 0.0463. The van der Waals surface area contributed by atoms with E-state index in [9.17, 15) is 0 Å². The van der Waals surface area contributed by atoms with Crippen molar-refractivity contribution in [2.24, 2.45) is 11.8 Å². The van der Waals surface area contributed by atoms with Gasteiger partial charge in [-0.25, -0.2) is 0 Å². The highest BCUT2D eigenvalue weighted by Gasteiger charge is 2.26. The summed E-state index contributed by atoms with van der Waals surface area (Å²) in [6.45, 7) is 0. The SMILES string of the molecule is N#CC1CCCC1C#N. The second-order valence-corrected chi connectivity index (χ2v) is 2.40. The predicted molar refractivity (Wildman–Crippen MR) is 32.1 cm³/mol. The molecule has 1 rings (SSSR count). The zero-order chi connectivity index (χ0) is 6.69. The van der Waals surface area contributed by atoms with Crippen LogP contribution in [0.15, 0.2) is 0 Å². The van der Waals surface area contributed by atoms with Crippen molar-refractivity contribution in [3.8, 4) is 12.1 Å². The van der Waals surface area contributed by atoms with Crippen molar-refractivity contribution in [3.05, 3.63) is 0 Å². The van der Waals surface area contributed by atoms with Crippen LogP contribution in [0.25, 0.3) is 0 Å². The van der Waals surface area contributed by atoms with Crippen LogP contribution in [-0.2, 0) is 0 Å². The van der Waals surface area contributed by atoms with Crippen LogP contribution < -0.4 is 0 Å². The third kappa shape index (κ3) is 1.03. The maximum Gasteiger partial charge on any atom is 0.0669 e. The number of hydrogen-bond donors (Lipinski definition) is 0. The fourth-order valence-corrected chi connectivity index (χ4v) is 1.27. The van der Waals surface area contributed by atoms with Crippen LogP contribution >= 0.6 is 0 Å². The van der Waals surface area contributed by atoms with E-state index in [0.29, 0.717) is 0 Å². The van der Waals surface area contributed by atoms with Crippen LogP contribution in [0, 0.1) is 34.5 Å². The number of hydrogen-bond acceptors (Lipinski definition) is 2. The molecule has 0 saturated heterocycles. The number of rotatable bonds is 0. The summed E-state index contributed by atoms with van der Waals surface area (Å²) in [6, 6.07) is 4.28. The highest BCUT2D eigenvalue weighted by molar-refractivity contribution is 5.01. The highest BCUT2D eigenvalue weighted by Crippen LogP contribution is 2.29. The summed E-state index contributed by atoms with van der Waals surface area (Å²) in [5.41, 5.74) is 0. The average molecular weight is 120 g/mol. The Balaban J connectivity index is 2.57. The molecule has 1 fully saturated rings. The van der Waals surface area contributed by atoms with Gasteiger partial charge >= 0.3 is 0 Å². The summed E-state index contributed by atoms with van der Waals surface area (Å²) in [7, 11) is 0. The minimum atomic E-state index is 0.0231. The van der Waals surface area contributed by atoms with Crippen molar-refractivity contribution >= 4 is 0 Å². The van der Waals surface area contributed by atoms with E-state index in [0.717, 1.165) is 19.3 Å². The first-order chi connectivity index (χ1) is 4.38. The molecule has 2 atom stereocenters. The van der Waals surface area contributed by atoms with Gasteiger partial charge in [0, 0.05) is 0 Å². The summed E-state index contributed by atoms with van der Waals surface area (Å²) in [6.07, 6.45) is 2.90. The fraction of sp³-hybridized carbons (Fsp3) is 0.714. The lowest BCUT2D eigenvalue weighted by atomic mass is 10.00. The second-order valence-electron chi connectivity index (χ2n) is 2.40. The van der Waals surface area contributed by atoms with Crippen LogP contribution in [0.2, 0.25) is 0 Å². The largest absolute Gasteiger partial charge is 0.198 e. The van der Waals surface area contributed by atoms with E-state index in [-0.39, 0.29) is 11.8 Å². The first-order valence-corrected chi connectivity index (χ1v) is 3.17. The van der Waals surface area contributed by atoms with Crippen LogP contribution in [-0.4, -0.2) is 0 Å². The van der Waals surface area contributed by atoms with Crippen LogP contribution in [0.5, 0.6) is 0 Å². The Labute approximate surface area is 54.7 Å². The van der Waals surface area contributed by atoms with Crippen molar-refractivity contribution in [2.45, 2.75) is 19.3 Å². The van der Waals surface area contributed by atoms with Gasteiger partial charge in [0.15, 0.2) is 0 Å². The van der Waals surface area contributed by atoms with Gasteiger partial charge in [-0.2, -0.15) is 10.5 Å². The molecule has 0 heterocycles. The molecule has 2 unspecified atom stereocenters. The minimum absolute atomic E-state index is 0.0231. The fourth-order valence-electron chi connectivity index (χ4n) is 1.27. The van der Waals surface area contributed by atoms with Gasteiger partial charge in [-0.1, -0.05) is 6.42 Å². The van der Waals surface area contributed by atoms with E-state index in [1.54, 1.807) is 0 Å². The first-order valence-electron chi connectivity index (χ1n) is 3.17. The normalized spacial score (nSPS) is 33.1. The summed E-state index contributed by atoms with van der Waals surface area (Å²) in [4.78, 5) is 0. The van der Waals surface area contributed by atoms with E-state index in [1.165, 1.54) is 0 Å². The molecule has 2 heteroatoms. The Morgan fingerprint density at radius 3 is 1.78 bits per heavy atom. The van der Waals surface area contributed by atoms with Crippen molar-refractivity contribution in [3.63, 3.8) is 0 Å². The lowest BCUT2D eigenvalue weighted by Crippen LogP contribution is -2.01.